The lowest BCUT2D eigenvalue weighted by molar-refractivity contribution is -0.123. The normalized spacial score (nSPS) is 12.2. The van der Waals surface area contributed by atoms with Crippen LogP contribution in [0, 0.1) is 20.8 Å². The first kappa shape index (κ1) is 19.6. The first-order valence-electron chi connectivity index (χ1n) is 9.16. The van der Waals surface area contributed by atoms with Gasteiger partial charge in [0.25, 0.3) is 5.91 Å². The van der Waals surface area contributed by atoms with Gasteiger partial charge in [0.1, 0.15) is 23.5 Å². The van der Waals surface area contributed by atoms with Gasteiger partial charge in [-0.2, -0.15) is 5.10 Å². The summed E-state index contributed by atoms with van der Waals surface area (Å²) in [6.07, 6.45) is 1.47. The predicted molar refractivity (Wildman–Crippen MR) is 104 cm³/mol. The number of fused-ring (bicyclic) bond motifs is 1. The number of ether oxygens (including phenoxy) is 1. The van der Waals surface area contributed by atoms with Crippen molar-refractivity contribution in [3.63, 3.8) is 0 Å². The largest absolute Gasteiger partial charge is 0.483 e. The van der Waals surface area contributed by atoms with Gasteiger partial charge in [0.2, 0.25) is 0 Å². The van der Waals surface area contributed by atoms with Crippen LogP contribution < -0.4 is 15.7 Å². The molecule has 0 saturated heterocycles. The molecule has 0 saturated carbocycles. The Balaban J connectivity index is 1.79. The van der Waals surface area contributed by atoms with Crippen molar-refractivity contribution in [3.05, 3.63) is 51.4 Å². The molecule has 0 spiro atoms. The van der Waals surface area contributed by atoms with E-state index in [0.717, 1.165) is 11.1 Å². The predicted octanol–water partition coefficient (Wildman–Crippen LogP) is 2.59. The Kier molecular flexibility index (Phi) is 5.48. The summed E-state index contributed by atoms with van der Waals surface area (Å²) in [5, 5.41) is 7.68. The second kappa shape index (κ2) is 7.84. The van der Waals surface area contributed by atoms with Crippen LogP contribution in [0.25, 0.3) is 11.0 Å². The molecule has 1 amide bonds. The van der Waals surface area contributed by atoms with Crippen molar-refractivity contribution in [2.24, 2.45) is 0 Å². The molecular formula is C20H24N4O4. The van der Waals surface area contributed by atoms with Gasteiger partial charge < -0.3 is 14.5 Å². The Morgan fingerprint density at radius 1 is 1.29 bits per heavy atom. The van der Waals surface area contributed by atoms with Gasteiger partial charge in [-0.1, -0.05) is 0 Å². The van der Waals surface area contributed by atoms with Crippen LogP contribution in [0.2, 0.25) is 0 Å². The number of nitrogens with one attached hydrogen (secondary N) is 1. The molecule has 2 heterocycles. The lowest BCUT2D eigenvalue weighted by Gasteiger charge is -2.16. The number of nitrogens with zero attached hydrogens (tertiary/aromatic N) is 3. The quantitative estimate of drug-likeness (QED) is 0.656. The Bertz CT molecular complexity index is 1080. The molecule has 1 atom stereocenters. The average molecular weight is 384 g/mol. The summed E-state index contributed by atoms with van der Waals surface area (Å²) in [7, 11) is 0. The minimum absolute atomic E-state index is 0.166. The highest BCUT2D eigenvalue weighted by atomic mass is 16.5. The van der Waals surface area contributed by atoms with Crippen LogP contribution in [0.3, 0.4) is 0 Å². The minimum atomic E-state index is -0.367. The highest BCUT2D eigenvalue weighted by molar-refractivity contribution is 5.88. The molecule has 8 nitrogen and oxygen atoms in total. The van der Waals surface area contributed by atoms with Gasteiger partial charge in [0.15, 0.2) is 6.61 Å². The third kappa shape index (κ3) is 3.76. The third-order valence-electron chi connectivity index (χ3n) is 4.73. The van der Waals surface area contributed by atoms with E-state index in [-0.39, 0.29) is 24.2 Å². The van der Waals surface area contributed by atoms with E-state index in [9.17, 15) is 9.59 Å². The van der Waals surface area contributed by atoms with Crippen molar-refractivity contribution in [1.82, 2.24) is 20.1 Å². The maximum Gasteiger partial charge on any atom is 0.339 e. The van der Waals surface area contributed by atoms with E-state index in [4.69, 9.17) is 9.15 Å². The van der Waals surface area contributed by atoms with E-state index in [1.807, 2.05) is 33.8 Å². The topological polar surface area (TPSA) is 99.2 Å². The summed E-state index contributed by atoms with van der Waals surface area (Å²) in [5.41, 5.74) is 2.27. The van der Waals surface area contributed by atoms with Crippen LogP contribution in [0.15, 0.2) is 27.7 Å². The standard InChI is InChI=1S/C20H24N4O4/c1-6-24-19(21-10-22-24)14(5)23-17(25)9-27-15-7-11(2)8-16-18(15)12(3)13(4)20(26)28-16/h7-8,10,14H,6,9H2,1-5H3,(H,23,25). The number of carbonyl (C=O) groups is 1. The van der Waals surface area contributed by atoms with E-state index >= 15 is 0 Å². The van der Waals surface area contributed by atoms with Crippen LogP contribution in [0.1, 0.15) is 42.4 Å². The Morgan fingerprint density at radius 3 is 2.75 bits per heavy atom. The second-order valence-electron chi connectivity index (χ2n) is 6.79. The van der Waals surface area contributed by atoms with Crippen molar-refractivity contribution in [2.45, 2.75) is 47.2 Å². The van der Waals surface area contributed by atoms with E-state index in [2.05, 4.69) is 15.4 Å². The zero-order valence-electron chi connectivity index (χ0n) is 16.7. The molecule has 0 bridgehead atoms. The van der Waals surface area contributed by atoms with Gasteiger partial charge in [-0.15, -0.1) is 0 Å². The van der Waals surface area contributed by atoms with Crippen LogP contribution in [-0.4, -0.2) is 27.3 Å². The number of hydrogen-bond donors (Lipinski definition) is 1. The van der Waals surface area contributed by atoms with Crippen molar-refractivity contribution in [2.75, 3.05) is 6.61 Å². The van der Waals surface area contributed by atoms with Gasteiger partial charge >= 0.3 is 5.63 Å². The Hall–Kier alpha value is -3.16. The minimum Gasteiger partial charge on any atom is -0.483 e. The molecule has 148 valence electrons. The fourth-order valence-electron chi connectivity index (χ4n) is 3.15. The fraction of sp³-hybridized carbons (Fsp3) is 0.400. The first-order chi connectivity index (χ1) is 13.3. The highest BCUT2D eigenvalue weighted by Gasteiger charge is 2.17. The molecule has 0 radical (unpaired) electrons. The summed E-state index contributed by atoms with van der Waals surface area (Å²) in [6, 6.07) is 3.32. The van der Waals surface area contributed by atoms with Gasteiger partial charge in [-0.25, -0.2) is 14.5 Å². The number of rotatable bonds is 6. The second-order valence-corrected chi connectivity index (χ2v) is 6.79. The number of amides is 1. The van der Waals surface area contributed by atoms with Crippen molar-refractivity contribution in [3.8, 4) is 5.75 Å². The molecule has 1 unspecified atom stereocenters. The lowest BCUT2D eigenvalue weighted by atomic mass is 10.0. The summed E-state index contributed by atoms with van der Waals surface area (Å²) in [5.74, 6) is 0.920. The molecule has 3 aromatic rings. The smallest absolute Gasteiger partial charge is 0.339 e. The van der Waals surface area contributed by atoms with Crippen LogP contribution >= 0.6 is 0 Å². The van der Waals surface area contributed by atoms with E-state index in [1.165, 1.54) is 6.33 Å². The lowest BCUT2D eigenvalue weighted by Crippen LogP contribution is -2.32. The molecular weight excluding hydrogens is 360 g/mol. The van der Waals surface area contributed by atoms with Crippen LogP contribution in [0.5, 0.6) is 5.75 Å². The summed E-state index contributed by atoms with van der Waals surface area (Å²) >= 11 is 0. The summed E-state index contributed by atoms with van der Waals surface area (Å²) in [4.78, 5) is 28.5. The monoisotopic (exact) mass is 384 g/mol. The number of benzene rings is 1. The molecule has 3 rings (SSSR count). The summed E-state index contributed by atoms with van der Waals surface area (Å²) in [6.45, 7) is 9.74. The van der Waals surface area contributed by atoms with Crippen molar-refractivity contribution < 1.29 is 13.9 Å². The number of aromatic nitrogens is 3. The fourth-order valence-corrected chi connectivity index (χ4v) is 3.15. The highest BCUT2D eigenvalue weighted by Crippen LogP contribution is 2.30. The number of hydrogen-bond acceptors (Lipinski definition) is 6. The molecule has 2 aromatic heterocycles. The van der Waals surface area contributed by atoms with E-state index in [1.54, 1.807) is 17.7 Å². The molecule has 28 heavy (non-hydrogen) atoms. The Morgan fingerprint density at radius 2 is 2.04 bits per heavy atom. The van der Waals surface area contributed by atoms with Crippen molar-refractivity contribution in [1.29, 1.82) is 0 Å². The maximum atomic E-state index is 12.4. The molecule has 1 aromatic carbocycles. The molecule has 0 aliphatic heterocycles. The van der Waals surface area contributed by atoms with Crippen molar-refractivity contribution >= 4 is 16.9 Å². The molecule has 0 aliphatic rings. The molecule has 8 heteroatoms. The van der Waals surface area contributed by atoms with Gasteiger partial charge in [-0.3, -0.25) is 4.79 Å². The Labute approximate surface area is 162 Å². The average Bonchev–Trinajstić information content (AvgIpc) is 3.13. The molecule has 0 fully saturated rings. The zero-order chi connectivity index (χ0) is 20.4. The number of carbonyl (C=O) groups excluding carboxylic acids is 1. The van der Waals surface area contributed by atoms with Crippen LogP contribution in [0.4, 0.5) is 0 Å². The van der Waals surface area contributed by atoms with Gasteiger partial charge in [-0.05, 0) is 57.9 Å². The third-order valence-corrected chi connectivity index (χ3v) is 4.73. The van der Waals surface area contributed by atoms with Gasteiger partial charge in [0, 0.05) is 12.1 Å². The van der Waals surface area contributed by atoms with E-state index in [0.29, 0.717) is 34.7 Å². The van der Waals surface area contributed by atoms with Crippen LogP contribution in [-0.2, 0) is 11.3 Å². The zero-order valence-corrected chi connectivity index (χ0v) is 16.7. The molecule has 0 aliphatic carbocycles. The number of aryl methyl sites for hydroxylation is 3. The maximum absolute atomic E-state index is 12.4. The van der Waals surface area contributed by atoms with E-state index < -0.39 is 0 Å². The molecule has 1 N–H and O–H groups in total. The summed E-state index contributed by atoms with van der Waals surface area (Å²) < 4.78 is 12.9. The van der Waals surface area contributed by atoms with Gasteiger partial charge in [0.05, 0.1) is 11.4 Å². The first-order valence-corrected chi connectivity index (χ1v) is 9.16. The SMILES string of the molecule is CCn1ncnc1C(C)NC(=O)COc1cc(C)cc2oc(=O)c(C)c(C)c12.